The number of methoxy groups -OCH3 is 2. The molecule has 0 aliphatic carbocycles. The van der Waals surface area contributed by atoms with E-state index >= 15 is 0 Å². The lowest BCUT2D eigenvalue weighted by Crippen LogP contribution is -2.44. The molecule has 3 aliphatic heterocycles. The zero-order valence-electron chi connectivity index (χ0n) is 15.6. The summed E-state index contributed by atoms with van der Waals surface area (Å²) in [6.07, 6.45) is 3.54. The van der Waals surface area contributed by atoms with Crippen molar-refractivity contribution in [1.82, 2.24) is 9.88 Å². The third kappa shape index (κ3) is 3.42. The van der Waals surface area contributed by atoms with Crippen LogP contribution in [0, 0.1) is 0 Å². The molecule has 4 heterocycles. The van der Waals surface area contributed by atoms with Crippen molar-refractivity contribution in [2.75, 3.05) is 40.5 Å². The predicted octanol–water partition coefficient (Wildman–Crippen LogP) is 2.08. The summed E-state index contributed by atoms with van der Waals surface area (Å²) in [5.74, 6) is -0.203. The Hall–Kier alpha value is -1.74. The van der Waals surface area contributed by atoms with Crippen LogP contribution in [0.25, 0.3) is 0 Å². The summed E-state index contributed by atoms with van der Waals surface area (Å²) < 4.78 is 16.6. The molecule has 1 aromatic rings. The van der Waals surface area contributed by atoms with Gasteiger partial charge in [0.05, 0.1) is 36.0 Å². The Balaban J connectivity index is 1.46. The Morgan fingerprint density at radius 3 is 2.74 bits per heavy atom. The van der Waals surface area contributed by atoms with Crippen LogP contribution in [0.1, 0.15) is 24.1 Å². The van der Waals surface area contributed by atoms with Gasteiger partial charge in [0.25, 0.3) is 5.91 Å². The van der Waals surface area contributed by atoms with Gasteiger partial charge in [0.2, 0.25) is 0 Å². The first-order valence-corrected chi connectivity index (χ1v) is 9.82. The van der Waals surface area contributed by atoms with Crippen LogP contribution in [0.4, 0.5) is 0 Å². The molecule has 27 heavy (non-hydrogen) atoms. The number of likely N-dealkylation sites (tertiary alicyclic amines) is 1. The number of pyridine rings is 1. The van der Waals surface area contributed by atoms with Crippen LogP contribution in [0.3, 0.4) is 0 Å². The van der Waals surface area contributed by atoms with Crippen LogP contribution >= 0.6 is 11.8 Å². The number of fused-ring (bicyclic) bond motifs is 2. The average molecular weight is 389 g/mol. The third-order valence-electron chi connectivity index (χ3n) is 5.25. The van der Waals surface area contributed by atoms with E-state index in [0.717, 1.165) is 42.4 Å². The molecule has 1 fully saturated rings. The molecule has 0 radical (unpaired) electrons. The van der Waals surface area contributed by atoms with E-state index in [2.05, 4.69) is 20.9 Å². The fourth-order valence-corrected chi connectivity index (χ4v) is 4.92. The number of hydrogen-bond acceptors (Lipinski definition) is 7. The van der Waals surface area contributed by atoms with Gasteiger partial charge < -0.3 is 19.1 Å². The van der Waals surface area contributed by atoms with Crippen LogP contribution < -0.4 is 0 Å². The topological polar surface area (TPSA) is 73.2 Å². The Kier molecular flexibility index (Phi) is 5.32. The standard InChI is InChI=1S/C19H23N3O4S/c1-24-10-13(11-25-2)16-17(23)21-18(27-16)22-8-5-19(6-9-22)14-4-3-7-20-15(14)12-26-19/h3-4,7H,5-6,8-12H2,1-2H3. The zero-order chi connectivity index (χ0) is 18.9. The first kappa shape index (κ1) is 18.6. The average Bonchev–Trinajstić information content (AvgIpc) is 3.24. The minimum atomic E-state index is -0.246. The van der Waals surface area contributed by atoms with Gasteiger partial charge in [0, 0.05) is 44.6 Å². The van der Waals surface area contributed by atoms with Gasteiger partial charge in [-0.2, -0.15) is 4.99 Å². The van der Waals surface area contributed by atoms with Crippen LogP contribution in [-0.2, 0) is 31.2 Å². The molecule has 1 saturated heterocycles. The summed E-state index contributed by atoms with van der Waals surface area (Å²) in [6, 6.07) is 4.10. The highest BCUT2D eigenvalue weighted by molar-refractivity contribution is 8.18. The minimum absolute atomic E-state index is 0.203. The molecule has 0 bridgehead atoms. The molecule has 1 amide bonds. The third-order valence-corrected chi connectivity index (χ3v) is 6.45. The second-order valence-corrected chi connectivity index (χ2v) is 7.85. The lowest BCUT2D eigenvalue weighted by Gasteiger charge is -2.39. The van der Waals surface area contributed by atoms with E-state index in [9.17, 15) is 4.79 Å². The lowest BCUT2D eigenvalue weighted by atomic mass is 9.85. The molecule has 0 saturated carbocycles. The van der Waals surface area contributed by atoms with E-state index in [1.54, 1.807) is 14.2 Å². The summed E-state index contributed by atoms with van der Waals surface area (Å²) in [7, 11) is 3.22. The zero-order valence-corrected chi connectivity index (χ0v) is 16.4. The number of aromatic nitrogens is 1. The van der Waals surface area contributed by atoms with Gasteiger partial charge in [-0.3, -0.25) is 9.78 Å². The smallest absolute Gasteiger partial charge is 0.286 e. The summed E-state index contributed by atoms with van der Waals surface area (Å²) in [4.78, 5) is 23.9. The van der Waals surface area contributed by atoms with E-state index in [-0.39, 0.29) is 11.5 Å². The minimum Gasteiger partial charge on any atom is -0.380 e. The number of amides is 1. The maximum Gasteiger partial charge on any atom is 0.286 e. The number of rotatable bonds is 4. The van der Waals surface area contributed by atoms with Crippen LogP contribution in [0.5, 0.6) is 0 Å². The normalized spacial score (nSPS) is 21.0. The lowest BCUT2D eigenvalue weighted by molar-refractivity contribution is -0.113. The van der Waals surface area contributed by atoms with Crippen LogP contribution in [-0.4, -0.2) is 61.5 Å². The second kappa shape index (κ2) is 7.71. The van der Waals surface area contributed by atoms with Gasteiger partial charge in [0.1, 0.15) is 0 Å². The molecule has 0 atom stereocenters. The highest BCUT2D eigenvalue weighted by Gasteiger charge is 2.44. The molecule has 0 aromatic carbocycles. The molecule has 0 N–H and O–H groups in total. The largest absolute Gasteiger partial charge is 0.380 e. The van der Waals surface area contributed by atoms with Crippen LogP contribution in [0.2, 0.25) is 0 Å². The van der Waals surface area contributed by atoms with Crippen LogP contribution in [0.15, 0.2) is 33.8 Å². The molecule has 1 spiro atoms. The summed E-state index contributed by atoms with van der Waals surface area (Å²) >= 11 is 1.42. The number of nitrogens with zero attached hydrogens (tertiary/aromatic N) is 3. The van der Waals surface area contributed by atoms with Gasteiger partial charge >= 0.3 is 0 Å². The van der Waals surface area contributed by atoms with Gasteiger partial charge in [-0.25, -0.2) is 0 Å². The van der Waals surface area contributed by atoms with Crippen molar-refractivity contribution in [3.05, 3.63) is 40.1 Å². The van der Waals surface area contributed by atoms with Crippen molar-refractivity contribution < 1.29 is 19.0 Å². The number of ether oxygens (including phenoxy) is 3. The van der Waals surface area contributed by atoms with Crippen molar-refractivity contribution in [2.45, 2.75) is 25.0 Å². The van der Waals surface area contributed by atoms with Gasteiger partial charge in [-0.1, -0.05) is 6.07 Å². The molecule has 0 unspecified atom stereocenters. The second-order valence-electron chi connectivity index (χ2n) is 6.87. The van der Waals surface area contributed by atoms with E-state index in [4.69, 9.17) is 14.2 Å². The van der Waals surface area contributed by atoms with Gasteiger partial charge in [-0.15, -0.1) is 0 Å². The molecule has 1 aromatic heterocycles. The highest BCUT2D eigenvalue weighted by Crippen LogP contribution is 2.44. The van der Waals surface area contributed by atoms with E-state index in [1.165, 1.54) is 17.3 Å². The highest BCUT2D eigenvalue weighted by atomic mass is 32.2. The van der Waals surface area contributed by atoms with E-state index in [0.29, 0.717) is 24.7 Å². The molecule has 8 heteroatoms. The van der Waals surface area contributed by atoms with Crippen molar-refractivity contribution in [2.24, 2.45) is 4.99 Å². The summed E-state index contributed by atoms with van der Waals surface area (Å²) in [5, 5.41) is 0.763. The Labute approximate surface area is 162 Å². The fourth-order valence-electron chi connectivity index (χ4n) is 3.90. The number of thioether (sulfide) groups is 1. The van der Waals surface area contributed by atoms with Gasteiger partial charge in [-0.05, 0) is 30.7 Å². The van der Waals surface area contributed by atoms with Crippen molar-refractivity contribution >= 4 is 22.8 Å². The summed E-state index contributed by atoms with van der Waals surface area (Å²) in [6.45, 7) is 2.90. The summed E-state index contributed by atoms with van der Waals surface area (Å²) in [5.41, 5.74) is 2.85. The molecule has 144 valence electrons. The van der Waals surface area contributed by atoms with Crippen molar-refractivity contribution in [1.29, 1.82) is 0 Å². The fraction of sp³-hybridized carbons (Fsp3) is 0.526. The van der Waals surface area contributed by atoms with E-state index < -0.39 is 0 Å². The maximum atomic E-state index is 12.4. The molecular weight excluding hydrogens is 366 g/mol. The van der Waals surface area contributed by atoms with Crippen molar-refractivity contribution in [3.63, 3.8) is 0 Å². The van der Waals surface area contributed by atoms with E-state index in [1.807, 2.05) is 12.3 Å². The maximum absolute atomic E-state index is 12.4. The molecule has 7 nitrogen and oxygen atoms in total. The SMILES string of the molecule is COCC(COC)=C1SC(N2CCC3(CC2)OCc2ncccc23)=NC1=O. The first-order valence-electron chi connectivity index (χ1n) is 9.01. The molecule has 4 rings (SSSR count). The van der Waals surface area contributed by atoms with Gasteiger partial charge in [0.15, 0.2) is 5.17 Å². The predicted molar refractivity (Wildman–Crippen MR) is 102 cm³/mol. The molecular formula is C19H23N3O4S. The first-order chi connectivity index (χ1) is 13.2. The Morgan fingerprint density at radius 1 is 1.30 bits per heavy atom. The number of hydrogen-bond donors (Lipinski definition) is 0. The monoisotopic (exact) mass is 389 g/mol. The Morgan fingerprint density at radius 2 is 2.04 bits per heavy atom. The number of carbonyl (C=O) groups is 1. The Bertz CT molecular complexity index is 792. The number of aliphatic imine (C=N–C) groups is 1. The number of amidine groups is 1. The molecule has 3 aliphatic rings. The number of carbonyl (C=O) groups excluding carboxylic acids is 1. The number of piperidine rings is 1. The van der Waals surface area contributed by atoms with Crippen molar-refractivity contribution in [3.8, 4) is 0 Å². The quantitative estimate of drug-likeness (QED) is 0.730.